The molecule has 2 aromatic heterocycles. The molecule has 0 radical (unpaired) electrons. The first kappa shape index (κ1) is 44.4. The minimum Gasteiger partial charge on any atom is -0.411 e. The van der Waals surface area contributed by atoms with Gasteiger partial charge in [-0.05, 0) is 186 Å². The summed E-state index contributed by atoms with van der Waals surface area (Å²) >= 11 is 0. The second kappa shape index (κ2) is 18.8. The molecule has 66 heavy (non-hydrogen) atoms. The fraction of sp³-hybridized carbons (Fsp3) is 0.680. The molecule has 4 aromatic rings. The van der Waals surface area contributed by atoms with E-state index in [4.69, 9.17) is 18.3 Å². The smallest absolute Gasteiger partial charge is 0.318 e. The first-order chi connectivity index (χ1) is 32.2. The Balaban J connectivity index is 0.000000146. The van der Waals surface area contributed by atoms with Crippen LogP contribution < -0.4 is 9.80 Å². The van der Waals surface area contributed by atoms with Crippen molar-refractivity contribution >= 4 is 12.0 Å². The van der Waals surface area contributed by atoms with Gasteiger partial charge in [-0.15, -0.1) is 10.2 Å². The van der Waals surface area contributed by atoms with Crippen molar-refractivity contribution in [2.45, 2.75) is 149 Å². The molecule has 6 saturated heterocycles. The van der Waals surface area contributed by atoms with E-state index in [2.05, 4.69) is 40.0 Å². The highest BCUT2D eigenvalue weighted by Gasteiger charge is 2.53. The number of anilines is 2. The van der Waals surface area contributed by atoms with Crippen molar-refractivity contribution in [1.82, 2.24) is 30.2 Å². The second-order valence-electron chi connectivity index (χ2n) is 21.0. The molecule has 356 valence electrons. The van der Waals surface area contributed by atoms with E-state index < -0.39 is 0 Å². The van der Waals surface area contributed by atoms with Crippen LogP contribution in [-0.2, 0) is 9.47 Å². The zero-order valence-corrected chi connectivity index (χ0v) is 38.1. The van der Waals surface area contributed by atoms with Gasteiger partial charge >= 0.3 is 12.0 Å². The Morgan fingerprint density at radius 3 is 1.24 bits per heavy atom. The number of ether oxygens (including phenoxy) is 2. The molecule has 8 fully saturated rings. The van der Waals surface area contributed by atoms with Crippen LogP contribution in [0.1, 0.15) is 136 Å². The molecule has 2 aliphatic carbocycles. The van der Waals surface area contributed by atoms with Crippen molar-refractivity contribution in [2.75, 3.05) is 75.4 Å². The SMILES string of the molecule is OC1CCC(c2ccc(F)cc2C2CCN([C@@H]3COC4(C3)CN(c3nnco3)C4)CC2)CC1.OC1CCC(c2ccc(F)cc2C2CCN([C@@H]3COC4(C3)CN(c3nnco3)C4)CC2)CC1. The summed E-state index contributed by atoms with van der Waals surface area (Å²) in [5.74, 6) is 1.46. The van der Waals surface area contributed by atoms with E-state index >= 15 is 0 Å². The minimum absolute atomic E-state index is 0.0861. The van der Waals surface area contributed by atoms with E-state index in [0.717, 1.165) is 155 Å². The highest BCUT2D eigenvalue weighted by Crippen LogP contribution is 2.45. The monoisotopic (exact) mass is 913 g/mol. The van der Waals surface area contributed by atoms with E-state index in [9.17, 15) is 19.0 Å². The van der Waals surface area contributed by atoms with Crippen LogP contribution in [-0.4, -0.2) is 141 Å². The third-order valence-electron chi connectivity index (χ3n) is 16.9. The molecule has 16 heteroatoms. The molecule has 2 spiro atoms. The predicted molar refractivity (Wildman–Crippen MR) is 242 cm³/mol. The summed E-state index contributed by atoms with van der Waals surface area (Å²) in [6.45, 7) is 8.91. The average molecular weight is 913 g/mol. The Hall–Kier alpha value is -4.06. The van der Waals surface area contributed by atoms with E-state index in [-0.39, 0.29) is 35.0 Å². The molecule has 8 heterocycles. The van der Waals surface area contributed by atoms with Gasteiger partial charge in [0, 0.05) is 12.1 Å². The zero-order valence-electron chi connectivity index (χ0n) is 38.1. The summed E-state index contributed by atoms with van der Waals surface area (Å²) in [7, 11) is 0. The van der Waals surface area contributed by atoms with E-state index in [0.29, 0.717) is 47.8 Å². The minimum atomic E-state index is -0.167. The summed E-state index contributed by atoms with van der Waals surface area (Å²) in [6.07, 6.45) is 16.1. The predicted octanol–water partition coefficient (Wildman–Crippen LogP) is 6.91. The third kappa shape index (κ3) is 9.26. The number of hydrogen-bond acceptors (Lipinski definition) is 14. The molecule has 8 aliphatic rings. The standard InChI is InChI=1S/2C25H33FN4O3/c2*26-19-3-6-22(17-1-4-21(31)5-2-17)23(11-19)18-7-9-29(10-8-18)20-12-25(33-13-20)14-30(15-25)24-28-27-16-32-24/h2*3,6,11,16-18,20-21,31H,1-2,4-5,7-10,12-15H2/t2*17?,20-,21?/m00/s1. The lowest BCUT2D eigenvalue weighted by molar-refractivity contribution is -0.0217. The van der Waals surface area contributed by atoms with Gasteiger partial charge < -0.3 is 38.3 Å². The van der Waals surface area contributed by atoms with Crippen molar-refractivity contribution in [3.05, 3.63) is 83.1 Å². The molecular formula is C50H66F2N8O6. The molecule has 6 aliphatic heterocycles. The largest absolute Gasteiger partial charge is 0.411 e. The van der Waals surface area contributed by atoms with Crippen LogP contribution in [0.2, 0.25) is 0 Å². The number of aliphatic hydroxyl groups is 2. The van der Waals surface area contributed by atoms with Crippen molar-refractivity contribution in [2.24, 2.45) is 0 Å². The van der Waals surface area contributed by atoms with Crippen molar-refractivity contribution in [1.29, 1.82) is 0 Å². The lowest BCUT2D eigenvalue weighted by atomic mass is 9.76. The molecule has 2 saturated carbocycles. The first-order valence-corrected chi connectivity index (χ1v) is 24.9. The Labute approximate surface area is 386 Å². The fourth-order valence-corrected chi connectivity index (χ4v) is 13.2. The van der Waals surface area contributed by atoms with Crippen LogP contribution in [0.25, 0.3) is 0 Å². The normalized spacial score (nSPS) is 30.6. The van der Waals surface area contributed by atoms with E-state index in [1.165, 1.54) is 35.0 Å². The van der Waals surface area contributed by atoms with Gasteiger partial charge in [0.15, 0.2) is 0 Å². The van der Waals surface area contributed by atoms with Crippen LogP contribution in [0.3, 0.4) is 0 Å². The van der Waals surface area contributed by atoms with Gasteiger partial charge in [-0.25, -0.2) is 8.78 Å². The summed E-state index contributed by atoms with van der Waals surface area (Å²) in [5, 5.41) is 35.3. The molecule has 12 rings (SSSR count). The molecule has 2 N–H and O–H groups in total. The molecular weight excluding hydrogens is 847 g/mol. The van der Waals surface area contributed by atoms with E-state index in [1.54, 1.807) is 24.3 Å². The number of halogens is 2. The zero-order chi connectivity index (χ0) is 44.8. The van der Waals surface area contributed by atoms with Gasteiger partial charge in [0.25, 0.3) is 0 Å². The fourth-order valence-electron chi connectivity index (χ4n) is 13.2. The third-order valence-corrected chi connectivity index (χ3v) is 16.9. The Morgan fingerprint density at radius 1 is 0.500 bits per heavy atom. The maximum atomic E-state index is 14.2. The van der Waals surface area contributed by atoms with Crippen LogP contribution >= 0.6 is 0 Å². The summed E-state index contributed by atoms with van der Waals surface area (Å²) < 4.78 is 51.6. The van der Waals surface area contributed by atoms with Crippen LogP contribution in [0.15, 0.2) is 58.0 Å². The number of hydrogen-bond donors (Lipinski definition) is 2. The van der Waals surface area contributed by atoms with Crippen molar-refractivity contribution in [3.63, 3.8) is 0 Å². The summed E-state index contributed by atoms with van der Waals surface area (Å²) in [5.41, 5.74) is 4.89. The highest BCUT2D eigenvalue weighted by molar-refractivity contribution is 5.38. The van der Waals surface area contributed by atoms with Gasteiger partial charge in [0.05, 0.1) is 51.6 Å². The second-order valence-corrected chi connectivity index (χ2v) is 21.0. The summed E-state index contributed by atoms with van der Waals surface area (Å²) in [4.78, 5) is 9.32. The van der Waals surface area contributed by atoms with Crippen molar-refractivity contribution in [3.8, 4) is 0 Å². The Morgan fingerprint density at radius 2 is 0.879 bits per heavy atom. The van der Waals surface area contributed by atoms with Gasteiger partial charge in [-0.1, -0.05) is 22.3 Å². The van der Waals surface area contributed by atoms with Gasteiger partial charge in [0.2, 0.25) is 12.8 Å². The number of aromatic nitrogens is 4. The topological polar surface area (TPSA) is 150 Å². The van der Waals surface area contributed by atoms with Gasteiger partial charge in [-0.3, -0.25) is 9.80 Å². The van der Waals surface area contributed by atoms with Gasteiger partial charge in [0.1, 0.15) is 22.8 Å². The lowest BCUT2D eigenvalue weighted by Gasteiger charge is -2.46. The lowest BCUT2D eigenvalue weighted by Crippen LogP contribution is -2.62. The van der Waals surface area contributed by atoms with Gasteiger partial charge in [-0.2, -0.15) is 0 Å². The quantitative estimate of drug-likeness (QED) is 0.189. The average Bonchev–Trinajstić information content (AvgIpc) is 4.17. The van der Waals surface area contributed by atoms with Crippen LogP contribution in [0.5, 0.6) is 0 Å². The molecule has 2 atom stereocenters. The molecule has 0 bridgehead atoms. The highest BCUT2D eigenvalue weighted by atomic mass is 19.1. The summed E-state index contributed by atoms with van der Waals surface area (Å²) in [6, 6.07) is 12.9. The van der Waals surface area contributed by atoms with E-state index in [1.807, 2.05) is 12.1 Å². The number of nitrogens with zero attached hydrogens (tertiary/aromatic N) is 8. The number of rotatable bonds is 8. The maximum Gasteiger partial charge on any atom is 0.318 e. The molecule has 14 nitrogen and oxygen atoms in total. The van der Waals surface area contributed by atoms with Crippen LogP contribution in [0, 0.1) is 11.6 Å². The Bertz CT molecular complexity index is 2050. The number of aliphatic hydroxyl groups excluding tert-OH is 2. The van der Waals surface area contributed by atoms with Crippen molar-refractivity contribution < 1.29 is 37.3 Å². The maximum absolute atomic E-state index is 14.2. The Kier molecular flexibility index (Phi) is 12.7. The van der Waals surface area contributed by atoms with Crippen LogP contribution in [0.4, 0.5) is 20.8 Å². The molecule has 0 unspecified atom stereocenters. The number of benzene rings is 2. The first-order valence-electron chi connectivity index (χ1n) is 24.9. The molecule has 2 aromatic carbocycles. The number of piperidine rings is 2. The molecule has 0 amide bonds. The number of likely N-dealkylation sites (tertiary alicyclic amines) is 2.